The van der Waals surface area contributed by atoms with Gasteiger partial charge in [0, 0.05) is 18.8 Å². The summed E-state index contributed by atoms with van der Waals surface area (Å²) < 4.78 is 7.46. The number of nitrogens with one attached hydrogen (secondary N) is 1. The second kappa shape index (κ2) is 6.71. The van der Waals surface area contributed by atoms with E-state index in [9.17, 15) is 4.79 Å². The number of piperidine rings is 1. The fourth-order valence-corrected chi connectivity index (χ4v) is 2.42. The molecule has 4 heteroatoms. The number of rotatable bonds is 6. The Labute approximate surface area is 108 Å². The number of hydrogen-bond donors (Lipinski definition) is 1. The summed E-state index contributed by atoms with van der Waals surface area (Å²) in [5.74, 6) is 0.0898. The highest BCUT2D eigenvalue weighted by atomic mass is 16.5. The average molecular weight is 250 g/mol. The molecule has 18 heavy (non-hydrogen) atoms. The summed E-state index contributed by atoms with van der Waals surface area (Å²) in [6.45, 7) is 4.95. The van der Waals surface area contributed by atoms with Crippen molar-refractivity contribution >= 4 is 5.78 Å². The first-order chi connectivity index (χ1) is 8.83. The predicted octanol–water partition coefficient (Wildman–Crippen LogP) is 2.02. The van der Waals surface area contributed by atoms with Crippen molar-refractivity contribution in [2.45, 2.75) is 32.2 Å². The van der Waals surface area contributed by atoms with Gasteiger partial charge in [0.15, 0.2) is 0 Å². The Hall–Kier alpha value is -1.13. The molecule has 1 saturated heterocycles. The molecule has 0 aromatic carbocycles. The van der Waals surface area contributed by atoms with E-state index in [1.807, 2.05) is 25.3 Å². The van der Waals surface area contributed by atoms with Crippen LogP contribution < -0.4 is 5.32 Å². The molecule has 0 spiro atoms. The third-order valence-electron chi connectivity index (χ3n) is 3.35. The van der Waals surface area contributed by atoms with E-state index in [0.717, 1.165) is 38.0 Å². The summed E-state index contributed by atoms with van der Waals surface area (Å²) >= 11 is 0. The van der Waals surface area contributed by atoms with Crippen LogP contribution in [0.4, 0.5) is 0 Å². The van der Waals surface area contributed by atoms with E-state index in [-0.39, 0.29) is 12.4 Å². The molecule has 0 saturated carbocycles. The standard InChI is InChI=1S/C14H22N2O2/c1-2-10-18-11-14(17)13-4-3-9-16(13)12-5-7-15-8-6-12/h3-4,9,12,15H,2,5-8,10-11H2,1H3. The molecule has 0 radical (unpaired) electrons. The quantitative estimate of drug-likeness (QED) is 0.620. The van der Waals surface area contributed by atoms with Crippen molar-refractivity contribution in [3.8, 4) is 0 Å². The zero-order valence-corrected chi connectivity index (χ0v) is 11.0. The van der Waals surface area contributed by atoms with Crippen LogP contribution in [0, 0.1) is 0 Å². The van der Waals surface area contributed by atoms with E-state index in [1.54, 1.807) is 0 Å². The second-order valence-corrected chi connectivity index (χ2v) is 4.76. The van der Waals surface area contributed by atoms with Gasteiger partial charge in [-0.25, -0.2) is 0 Å². The molecule has 1 aliphatic heterocycles. The lowest BCUT2D eigenvalue weighted by molar-refractivity contribution is 0.0749. The van der Waals surface area contributed by atoms with Gasteiger partial charge in [-0.3, -0.25) is 4.79 Å². The van der Waals surface area contributed by atoms with Crippen LogP contribution in [-0.2, 0) is 4.74 Å². The number of ether oxygens (including phenoxy) is 1. The first-order valence-corrected chi connectivity index (χ1v) is 6.81. The number of Topliss-reactive ketones (excluding diaryl/α,β-unsaturated/α-hetero) is 1. The molecule has 1 fully saturated rings. The molecule has 1 aromatic rings. The Morgan fingerprint density at radius 3 is 3.00 bits per heavy atom. The number of ketones is 1. The van der Waals surface area contributed by atoms with Crippen LogP contribution in [0.3, 0.4) is 0 Å². The van der Waals surface area contributed by atoms with Gasteiger partial charge in [0.2, 0.25) is 5.78 Å². The monoisotopic (exact) mass is 250 g/mol. The predicted molar refractivity (Wildman–Crippen MR) is 71.0 cm³/mol. The van der Waals surface area contributed by atoms with Crippen molar-refractivity contribution in [1.29, 1.82) is 0 Å². The van der Waals surface area contributed by atoms with Gasteiger partial charge in [-0.05, 0) is 44.5 Å². The van der Waals surface area contributed by atoms with E-state index >= 15 is 0 Å². The normalized spacial score (nSPS) is 16.9. The Morgan fingerprint density at radius 2 is 2.28 bits per heavy atom. The van der Waals surface area contributed by atoms with Crippen molar-refractivity contribution in [1.82, 2.24) is 9.88 Å². The largest absolute Gasteiger partial charge is 0.373 e. The van der Waals surface area contributed by atoms with Crippen LogP contribution in [0.5, 0.6) is 0 Å². The van der Waals surface area contributed by atoms with Gasteiger partial charge in [-0.15, -0.1) is 0 Å². The van der Waals surface area contributed by atoms with Gasteiger partial charge in [-0.1, -0.05) is 6.92 Å². The van der Waals surface area contributed by atoms with Gasteiger partial charge in [0.05, 0.1) is 5.69 Å². The number of hydrogen-bond acceptors (Lipinski definition) is 3. The van der Waals surface area contributed by atoms with Crippen LogP contribution in [0.25, 0.3) is 0 Å². The fraction of sp³-hybridized carbons (Fsp3) is 0.643. The maximum atomic E-state index is 12.1. The minimum absolute atomic E-state index is 0.0898. The highest BCUT2D eigenvalue weighted by molar-refractivity contribution is 5.95. The van der Waals surface area contributed by atoms with E-state index in [2.05, 4.69) is 9.88 Å². The molecule has 1 aromatic heterocycles. The number of carbonyl (C=O) groups is 1. The van der Waals surface area contributed by atoms with Gasteiger partial charge < -0.3 is 14.6 Å². The summed E-state index contributed by atoms with van der Waals surface area (Å²) in [7, 11) is 0. The lowest BCUT2D eigenvalue weighted by atomic mass is 10.1. The zero-order valence-electron chi connectivity index (χ0n) is 11.0. The Balaban J connectivity index is 1.99. The molecule has 2 heterocycles. The molecule has 100 valence electrons. The maximum Gasteiger partial charge on any atom is 0.204 e. The van der Waals surface area contributed by atoms with Crippen molar-refractivity contribution in [3.05, 3.63) is 24.0 Å². The van der Waals surface area contributed by atoms with E-state index < -0.39 is 0 Å². The third kappa shape index (κ3) is 3.21. The first-order valence-electron chi connectivity index (χ1n) is 6.81. The van der Waals surface area contributed by atoms with Gasteiger partial charge >= 0.3 is 0 Å². The Bertz CT molecular complexity index is 381. The van der Waals surface area contributed by atoms with E-state index in [0.29, 0.717) is 12.6 Å². The first kappa shape index (κ1) is 13.3. The van der Waals surface area contributed by atoms with E-state index in [4.69, 9.17) is 4.74 Å². The third-order valence-corrected chi connectivity index (χ3v) is 3.35. The minimum atomic E-state index is 0.0898. The van der Waals surface area contributed by atoms with Crippen LogP contribution >= 0.6 is 0 Å². The van der Waals surface area contributed by atoms with Crippen LogP contribution in [0.2, 0.25) is 0 Å². The van der Waals surface area contributed by atoms with Gasteiger partial charge in [0.1, 0.15) is 6.61 Å². The summed E-state index contributed by atoms with van der Waals surface area (Å²) in [6.07, 6.45) is 5.14. The molecule has 0 atom stereocenters. The van der Waals surface area contributed by atoms with Crippen molar-refractivity contribution in [3.63, 3.8) is 0 Å². The van der Waals surface area contributed by atoms with Gasteiger partial charge in [0.25, 0.3) is 0 Å². The second-order valence-electron chi connectivity index (χ2n) is 4.76. The van der Waals surface area contributed by atoms with Crippen molar-refractivity contribution in [2.75, 3.05) is 26.3 Å². The number of aromatic nitrogens is 1. The smallest absolute Gasteiger partial charge is 0.204 e. The van der Waals surface area contributed by atoms with Crippen LogP contribution in [-0.4, -0.2) is 36.7 Å². The zero-order chi connectivity index (χ0) is 12.8. The molecular formula is C14H22N2O2. The van der Waals surface area contributed by atoms with E-state index in [1.165, 1.54) is 0 Å². The molecule has 0 unspecified atom stereocenters. The summed E-state index contributed by atoms with van der Waals surface area (Å²) in [4.78, 5) is 12.1. The van der Waals surface area contributed by atoms with Crippen molar-refractivity contribution < 1.29 is 9.53 Å². The Morgan fingerprint density at radius 1 is 1.50 bits per heavy atom. The molecule has 2 rings (SSSR count). The molecule has 1 aliphatic rings. The number of carbonyl (C=O) groups excluding carboxylic acids is 1. The topological polar surface area (TPSA) is 43.3 Å². The summed E-state index contributed by atoms with van der Waals surface area (Å²) in [5, 5.41) is 3.34. The Kier molecular flexibility index (Phi) is 4.96. The fourth-order valence-electron chi connectivity index (χ4n) is 2.42. The molecule has 0 amide bonds. The summed E-state index contributed by atoms with van der Waals surface area (Å²) in [5.41, 5.74) is 0.790. The van der Waals surface area contributed by atoms with Crippen molar-refractivity contribution in [2.24, 2.45) is 0 Å². The SMILES string of the molecule is CCCOCC(=O)c1cccn1C1CCNCC1. The number of nitrogens with zero attached hydrogens (tertiary/aromatic N) is 1. The maximum absolute atomic E-state index is 12.1. The average Bonchev–Trinajstić information content (AvgIpc) is 2.89. The molecule has 1 N–H and O–H groups in total. The van der Waals surface area contributed by atoms with Crippen LogP contribution in [0.15, 0.2) is 18.3 Å². The summed E-state index contributed by atoms with van der Waals surface area (Å²) in [6, 6.07) is 4.31. The lowest BCUT2D eigenvalue weighted by Crippen LogP contribution is -2.30. The highest BCUT2D eigenvalue weighted by Gasteiger charge is 2.19. The molecule has 0 bridgehead atoms. The highest BCUT2D eigenvalue weighted by Crippen LogP contribution is 2.21. The minimum Gasteiger partial charge on any atom is -0.373 e. The molecular weight excluding hydrogens is 228 g/mol. The lowest BCUT2D eigenvalue weighted by Gasteiger charge is -2.25. The molecule has 0 aliphatic carbocycles. The van der Waals surface area contributed by atoms with Gasteiger partial charge in [-0.2, -0.15) is 0 Å². The van der Waals surface area contributed by atoms with Crippen LogP contribution in [0.1, 0.15) is 42.7 Å². The molecule has 4 nitrogen and oxygen atoms in total.